The van der Waals surface area contributed by atoms with Crippen molar-refractivity contribution in [3.05, 3.63) is 130 Å². The van der Waals surface area contributed by atoms with E-state index in [1.54, 1.807) is 0 Å². The smallest absolute Gasteiger partial charge is 0.399 e. The zero-order valence-electron chi connectivity index (χ0n) is 37.2. The molecule has 0 spiro atoms. The van der Waals surface area contributed by atoms with Gasteiger partial charge >= 0.3 is 95.3 Å². The van der Waals surface area contributed by atoms with Crippen molar-refractivity contribution in [2.24, 2.45) is 0 Å². The van der Waals surface area contributed by atoms with Crippen LogP contribution in [0.1, 0.15) is 33.4 Å². The zero-order chi connectivity index (χ0) is 61.8. The molecule has 79 heavy (non-hydrogen) atoms. The van der Waals surface area contributed by atoms with Crippen molar-refractivity contribution in [3.8, 4) is 0 Å². The highest BCUT2D eigenvalue weighted by molar-refractivity contribution is 5.50. The molecule has 0 heterocycles. The van der Waals surface area contributed by atoms with Crippen molar-refractivity contribution in [1.29, 1.82) is 0 Å². The molecule has 0 amide bonds. The van der Waals surface area contributed by atoms with E-state index < -0.39 is 125 Å². The Morgan fingerprint density at radius 2 is 0.367 bits per heavy atom. The monoisotopic (exact) mass is 1210 g/mol. The van der Waals surface area contributed by atoms with E-state index in [0.29, 0.717) is 24.3 Å². The summed E-state index contributed by atoms with van der Waals surface area (Å²) in [5.74, 6) is -137. The van der Waals surface area contributed by atoms with Crippen molar-refractivity contribution in [3.63, 3.8) is 0 Å². The van der Waals surface area contributed by atoms with E-state index in [1.165, 1.54) is 48.5 Å². The molecule has 4 aromatic carbocycles. The van der Waals surface area contributed by atoms with E-state index in [9.17, 15) is 101 Å². The third kappa shape index (κ3) is 9.03. The fourth-order valence-electron chi connectivity index (χ4n) is 7.30. The summed E-state index contributed by atoms with van der Waals surface area (Å²) in [6.45, 7) is 0. The first-order valence-electron chi connectivity index (χ1n) is 20.2. The van der Waals surface area contributed by atoms with E-state index >= 15 is 48.3 Å². The van der Waals surface area contributed by atoms with Gasteiger partial charge in [0.05, 0.1) is 0 Å². The molecule has 0 fully saturated rings. The van der Waals surface area contributed by atoms with Gasteiger partial charge in [0, 0.05) is 11.4 Å². The Balaban J connectivity index is 1.97. The minimum absolute atomic E-state index is 0.0740. The molecule has 0 aliphatic carbocycles. The number of halogens is 34. The van der Waals surface area contributed by atoms with Crippen LogP contribution >= 0.6 is 0 Å². The van der Waals surface area contributed by atoms with Gasteiger partial charge in [-0.25, -0.2) is 0 Å². The lowest BCUT2D eigenvalue weighted by Gasteiger charge is -2.49. The summed E-state index contributed by atoms with van der Waals surface area (Å²) in [5, 5.41) is 0. The van der Waals surface area contributed by atoms with Gasteiger partial charge in [0.2, 0.25) is 0 Å². The minimum atomic E-state index is -10.3. The lowest BCUT2D eigenvalue weighted by Crippen LogP contribution is -2.80. The highest BCUT2D eigenvalue weighted by Crippen LogP contribution is 2.71. The molecule has 0 saturated heterocycles. The summed E-state index contributed by atoms with van der Waals surface area (Å²) in [7, 11) is 0. The Kier molecular flexibility index (Phi) is 15.9. The predicted molar refractivity (Wildman–Crippen MR) is 202 cm³/mol. The van der Waals surface area contributed by atoms with Crippen molar-refractivity contribution in [1.82, 2.24) is 0 Å². The van der Waals surface area contributed by atoms with Crippen LogP contribution in [0.5, 0.6) is 0 Å². The molecule has 4 N–H and O–H groups in total. The molecule has 2 nitrogen and oxygen atoms in total. The van der Waals surface area contributed by atoms with Gasteiger partial charge in [-0.1, -0.05) is 72.8 Å². The van der Waals surface area contributed by atoms with Crippen LogP contribution in [0.25, 0.3) is 0 Å². The van der Waals surface area contributed by atoms with Crippen LogP contribution in [0, 0.1) is 0 Å². The molecular formula is C43H24F34N2. The topological polar surface area (TPSA) is 52.0 Å². The largest absolute Gasteiger partial charge is 0.460 e. The third-order valence-electron chi connectivity index (χ3n) is 11.9. The average Bonchev–Trinajstić information content (AvgIpc) is 3.30. The van der Waals surface area contributed by atoms with E-state index in [-0.39, 0.29) is 57.9 Å². The molecule has 4 rings (SSSR count). The molecule has 0 saturated carbocycles. The second-order valence-corrected chi connectivity index (χ2v) is 17.0. The number of nitrogen functional groups attached to an aromatic ring is 2. The van der Waals surface area contributed by atoms with E-state index in [4.69, 9.17) is 11.5 Å². The Labute approximate surface area is 416 Å². The van der Waals surface area contributed by atoms with Crippen LogP contribution in [0.15, 0.2) is 97.1 Å². The van der Waals surface area contributed by atoms with Crippen LogP contribution in [0.2, 0.25) is 0 Å². The highest BCUT2D eigenvalue weighted by Gasteiger charge is 3.02. The summed E-state index contributed by atoms with van der Waals surface area (Å²) in [5.41, 5.74) is -0.917. The lowest BCUT2D eigenvalue weighted by atomic mass is 9.65. The number of benzene rings is 4. The molecule has 0 bridgehead atoms. The molecular weight excluding hydrogens is 1190 g/mol. The molecule has 0 aromatic heterocycles. The van der Waals surface area contributed by atoms with E-state index in [1.807, 2.05) is 0 Å². The molecule has 0 unspecified atom stereocenters. The first-order valence-corrected chi connectivity index (χ1v) is 20.2. The summed E-state index contributed by atoms with van der Waals surface area (Å²) < 4.78 is 495. The van der Waals surface area contributed by atoms with Crippen LogP contribution in [-0.4, -0.2) is 95.3 Å². The second kappa shape index (κ2) is 19.1. The maximum Gasteiger partial charge on any atom is 0.460 e. The van der Waals surface area contributed by atoms with Crippen molar-refractivity contribution in [2.75, 3.05) is 11.5 Å². The zero-order valence-corrected chi connectivity index (χ0v) is 37.2. The van der Waals surface area contributed by atoms with Gasteiger partial charge in [-0.3, -0.25) is 0 Å². The van der Waals surface area contributed by atoms with E-state index in [0.717, 1.165) is 0 Å². The van der Waals surface area contributed by atoms with Crippen molar-refractivity contribution < 1.29 is 149 Å². The summed E-state index contributed by atoms with van der Waals surface area (Å²) in [4.78, 5) is 0. The van der Waals surface area contributed by atoms with Gasteiger partial charge in [0.15, 0.2) is 5.41 Å². The van der Waals surface area contributed by atoms with E-state index in [2.05, 4.69) is 0 Å². The number of hydrogen-bond acceptors (Lipinski definition) is 2. The molecule has 0 atom stereocenters. The fourth-order valence-corrected chi connectivity index (χ4v) is 7.30. The SMILES string of the molecule is Nc1ccc(Cc2ccc(C(c3ccc(Cc4ccc(N)cc4)cc3)(C(F)(F)F)C(F)(F)C(F)(F)C(F)(F)C(F)(F)C(F)(F)C(F)(F)C(F)(F)C(F)(F)C(F)(F)C(F)(F)C(F)(F)C(F)(F)C(F)(F)C(F)(F)C(F)(F)F)cc2)cc1. The molecule has 0 aliphatic rings. The Morgan fingerprint density at radius 1 is 0.203 bits per heavy atom. The van der Waals surface area contributed by atoms with Crippen molar-refractivity contribution >= 4 is 11.4 Å². The Hall–Kier alpha value is -5.90. The van der Waals surface area contributed by atoms with Crippen LogP contribution < -0.4 is 11.5 Å². The first kappa shape index (κ1) is 65.6. The molecule has 4 aromatic rings. The molecule has 0 aliphatic heterocycles. The fraction of sp³-hybridized carbons (Fsp3) is 0.442. The number of hydrogen-bond donors (Lipinski definition) is 2. The molecule has 444 valence electrons. The van der Waals surface area contributed by atoms with Gasteiger partial charge < -0.3 is 11.5 Å². The Bertz CT molecular complexity index is 2680. The normalized spacial score (nSPS) is 15.4. The number of alkyl halides is 34. The highest BCUT2D eigenvalue weighted by atomic mass is 19.4. The summed E-state index contributed by atoms with van der Waals surface area (Å²) >= 11 is 0. The van der Waals surface area contributed by atoms with Gasteiger partial charge in [0.1, 0.15) is 0 Å². The van der Waals surface area contributed by atoms with Crippen LogP contribution in [-0.2, 0) is 18.3 Å². The molecule has 0 radical (unpaired) electrons. The molecule has 36 heteroatoms. The first-order chi connectivity index (χ1) is 34.9. The minimum Gasteiger partial charge on any atom is -0.399 e. The van der Waals surface area contributed by atoms with Gasteiger partial charge in [0.25, 0.3) is 0 Å². The average molecular weight is 1210 g/mol. The summed E-state index contributed by atoms with van der Waals surface area (Å²) in [6, 6.07) is 9.52. The van der Waals surface area contributed by atoms with Crippen LogP contribution in [0.4, 0.5) is 161 Å². The number of nitrogens with two attached hydrogens (primary N) is 2. The quantitative estimate of drug-likeness (QED) is 0.0684. The predicted octanol–water partition coefficient (Wildman–Crippen LogP) is 16.3. The van der Waals surface area contributed by atoms with Crippen molar-refractivity contribution in [2.45, 2.75) is 114 Å². The maximum atomic E-state index is 16.7. The third-order valence-corrected chi connectivity index (χ3v) is 11.9. The standard InChI is InChI=1S/C43H24F34N2/c44-28(45,27(42(72,73)74,23-9-1-19(2-10-23)17-21-5-13-25(78)14-6-21)24-11-3-20(4-12-24)18-22-7-15-26(79)16-8-22)29(46,47)30(48,49)31(50,51)32(52,53)33(54,55)34(56,57)35(58,59)36(60,61)37(62,63)38(64,65)39(66,67)40(68,69)41(70,71)43(75,76)77/h1-16H,17-18,78-79H2. The maximum absolute atomic E-state index is 16.7. The Morgan fingerprint density at radius 3 is 0.544 bits per heavy atom. The number of rotatable bonds is 20. The second-order valence-electron chi connectivity index (χ2n) is 17.0. The van der Waals surface area contributed by atoms with Crippen LogP contribution in [0.3, 0.4) is 0 Å². The summed E-state index contributed by atoms with van der Waals surface area (Å²) in [6.07, 6.45) is -16.9. The van der Waals surface area contributed by atoms with Gasteiger partial charge in [-0.05, 0) is 70.5 Å². The van der Waals surface area contributed by atoms with Gasteiger partial charge in [-0.2, -0.15) is 149 Å². The lowest BCUT2D eigenvalue weighted by molar-refractivity contribution is -0.490. The van der Waals surface area contributed by atoms with Gasteiger partial charge in [-0.15, -0.1) is 0 Å². The number of anilines is 2.